The zero-order valence-electron chi connectivity index (χ0n) is 15.6. The van der Waals surface area contributed by atoms with E-state index < -0.39 is 10.0 Å². The van der Waals surface area contributed by atoms with E-state index in [9.17, 15) is 13.2 Å². The molecule has 148 valence electrons. The molecule has 2 saturated carbocycles. The number of hydrogen-bond acceptors (Lipinski definition) is 4. The highest BCUT2D eigenvalue weighted by atomic mass is 32.2. The number of carbonyl (C=O) groups excluding carboxylic acids is 1. The standard InChI is InChI=1S/C20H29N3O3S/c21-19-16-8-7-15(12-16)18(19)20(24)22-13-14-5-4-6-17(11-14)27(25,26)23-9-2-1-3-10-23/h4-6,11,15-16,18-19H,1-3,7-10,12-13,21H2,(H,22,24). The number of carbonyl (C=O) groups is 1. The number of benzene rings is 1. The molecule has 3 N–H and O–H groups in total. The van der Waals surface area contributed by atoms with Crippen LogP contribution in [0.5, 0.6) is 0 Å². The average Bonchev–Trinajstić information content (AvgIpc) is 3.28. The van der Waals surface area contributed by atoms with Gasteiger partial charge < -0.3 is 11.1 Å². The minimum atomic E-state index is -3.45. The van der Waals surface area contributed by atoms with Gasteiger partial charge in [-0.15, -0.1) is 0 Å². The van der Waals surface area contributed by atoms with Crippen molar-refractivity contribution in [3.63, 3.8) is 0 Å². The Kier molecular flexibility index (Phi) is 5.27. The fourth-order valence-electron chi connectivity index (χ4n) is 5.10. The highest BCUT2D eigenvalue weighted by Crippen LogP contribution is 2.47. The summed E-state index contributed by atoms with van der Waals surface area (Å²) in [5, 5.41) is 2.99. The fraction of sp³-hybridized carbons (Fsp3) is 0.650. The monoisotopic (exact) mass is 391 g/mol. The van der Waals surface area contributed by atoms with Crippen LogP contribution in [0.3, 0.4) is 0 Å². The van der Waals surface area contributed by atoms with Crippen molar-refractivity contribution < 1.29 is 13.2 Å². The first kappa shape index (κ1) is 18.9. The maximum atomic E-state index is 12.8. The van der Waals surface area contributed by atoms with Crippen molar-refractivity contribution in [3.05, 3.63) is 29.8 Å². The number of nitrogens with two attached hydrogens (primary N) is 1. The van der Waals surface area contributed by atoms with E-state index >= 15 is 0 Å². The zero-order chi connectivity index (χ0) is 19.0. The van der Waals surface area contributed by atoms with Crippen molar-refractivity contribution in [3.8, 4) is 0 Å². The van der Waals surface area contributed by atoms with Crippen molar-refractivity contribution in [2.75, 3.05) is 13.1 Å². The second-order valence-corrected chi connectivity index (χ2v) is 10.2. The Hall–Kier alpha value is -1.44. The summed E-state index contributed by atoms with van der Waals surface area (Å²) in [6, 6.07) is 6.90. The van der Waals surface area contributed by atoms with Crippen molar-refractivity contribution in [2.24, 2.45) is 23.5 Å². The number of nitrogens with one attached hydrogen (secondary N) is 1. The van der Waals surface area contributed by atoms with Crippen LogP contribution < -0.4 is 11.1 Å². The molecule has 4 atom stereocenters. The lowest BCUT2D eigenvalue weighted by molar-refractivity contribution is -0.127. The molecule has 4 rings (SSSR count). The van der Waals surface area contributed by atoms with E-state index in [0.29, 0.717) is 36.4 Å². The number of nitrogens with zero attached hydrogens (tertiary/aromatic N) is 1. The molecule has 1 amide bonds. The second kappa shape index (κ2) is 7.53. The Labute approximate surface area is 161 Å². The third kappa shape index (κ3) is 3.65. The summed E-state index contributed by atoms with van der Waals surface area (Å²) in [6.07, 6.45) is 6.23. The number of hydrogen-bond donors (Lipinski definition) is 2. The van der Waals surface area contributed by atoms with Gasteiger partial charge in [-0.25, -0.2) is 8.42 Å². The largest absolute Gasteiger partial charge is 0.352 e. The van der Waals surface area contributed by atoms with Crippen LogP contribution in [0.15, 0.2) is 29.2 Å². The van der Waals surface area contributed by atoms with Gasteiger partial charge in [0.1, 0.15) is 0 Å². The number of piperidine rings is 1. The SMILES string of the molecule is NC1C2CCC(C2)C1C(=O)NCc1cccc(S(=O)(=O)N2CCCCC2)c1. The summed E-state index contributed by atoms with van der Waals surface area (Å²) in [4.78, 5) is 12.9. The quantitative estimate of drug-likeness (QED) is 0.801. The van der Waals surface area contributed by atoms with Crippen LogP contribution >= 0.6 is 0 Å². The average molecular weight is 392 g/mol. The van der Waals surface area contributed by atoms with Crippen LogP contribution in [0, 0.1) is 17.8 Å². The van der Waals surface area contributed by atoms with Crippen LogP contribution in [-0.2, 0) is 21.4 Å². The molecule has 1 aromatic rings. The number of rotatable bonds is 5. The van der Waals surface area contributed by atoms with E-state index in [4.69, 9.17) is 5.73 Å². The summed E-state index contributed by atoms with van der Waals surface area (Å²) >= 11 is 0. The zero-order valence-corrected chi connectivity index (χ0v) is 16.5. The van der Waals surface area contributed by atoms with E-state index in [0.717, 1.165) is 44.1 Å². The molecule has 4 unspecified atom stereocenters. The summed E-state index contributed by atoms with van der Waals surface area (Å²) in [6.45, 7) is 1.51. The number of sulfonamides is 1. The molecule has 3 aliphatic rings. The molecule has 7 heteroatoms. The third-order valence-electron chi connectivity index (χ3n) is 6.60. The molecule has 0 aromatic heterocycles. The van der Waals surface area contributed by atoms with Gasteiger partial charge in [-0.1, -0.05) is 18.6 Å². The van der Waals surface area contributed by atoms with Gasteiger partial charge in [0.25, 0.3) is 0 Å². The van der Waals surface area contributed by atoms with E-state index in [-0.39, 0.29) is 17.9 Å². The first-order chi connectivity index (χ1) is 13.0. The van der Waals surface area contributed by atoms with Gasteiger partial charge in [-0.3, -0.25) is 4.79 Å². The lowest BCUT2D eigenvalue weighted by atomic mass is 9.84. The second-order valence-electron chi connectivity index (χ2n) is 8.27. The predicted molar refractivity (Wildman–Crippen MR) is 103 cm³/mol. The Balaban J connectivity index is 1.41. The molecular formula is C20H29N3O3S. The van der Waals surface area contributed by atoms with E-state index in [1.807, 2.05) is 6.07 Å². The third-order valence-corrected chi connectivity index (χ3v) is 8.50. The van der Waals surface area contributed by atoms with Crippen molar-refractivity contribution in [1.82, 2.24) is 9.62 Å². The Morgan fingerprint density at radius 2 is 1.89 bits per heavy atom. The Bertz CT molecular complexity index is 802. The van der Waals surface area contributed by atoms with Gasteiger partial charge in [0.2, 0.25) is 15.9 Å². The van der Waals surface area contributed by atoms with Crippen molar-refractivity contribution >= 4 is 15.9 Å². The topological polar surface area (TPSA) is 92.5 Å². The molecule has 6 nitrogen and oxygen atoms in total. The molecule has 3 fully saturated rings. The smallest absolute Gasteiger partial charge is 0.243 e. The summed E-state index contributed by atoms with van der Waals surface area (Å²) < 4.78 is 27.2. The van der Waals surface area contributed by atoms with Crippen LogP contribution in [0.4, 0.5) is 0 Å². The van der Waals surface area contributed by atoms with Gasteiger partial charge in [0.05, 0.1) is 10.8 Å². The first-order valence-electron chi connectivity index (χ1n) is 10.1. The highest BCUT2D eigenvalue weighted by molar-refractivity contribution is 7.89. The minimum absolute atomic E-state index is 0.0130. The Morgan fingerprint density at radius 3 is 2.59 bits per heavy atom. The lowest BCUT2D eigenvalue weighted by Gasteiger charge is -2.27. The highest BCUT2D eigenvalue weighted by Gasteiger charge is 2.48. The molecule has 0 spiro atoms. The summed E-state index contributed by atoms with van der Waals surface area (Å²) in [5.74, 6) is 0.822. The molecule has 1 aromatic carbocycles. The van der Waals surface area contributed by atoms with Gasteiger partial charge in [-0.05, 0) is 61.6 Å². The maximum Gasteiger partial charge on any atom is 0.243 e. The van der Waals surface area contributed by atoms with Crippen LogP contribution in [0.2, 0.25) is 0 Å². The molecular weight excluding hydrogens is 362 g/mol. The van der Waals surface area contributed by atoms with E-state index in [1.54, 1.807) is 22.5 Å². The molecule has 2 aliphatic carbocycles. The van der Waals surface area contributed by atoms with Crippen LogP contribution in [-0.4, -0.2) is 37.8 Å². The summed E-state index contributed by atoms with van der Waals surface area (Å²) in [7, 11) is -3.45. The predicted octanol–water partition coefficient (Wildman–Crippen LogP) is 1.85. The van der Waals surface area contributed by atoms with Gasteiger partial charge in [0, 0.05) is 25.7 Å². The molecule has 0 radical (unpaired) electrons. The normalized spacial score (nSPS) is 31.1. The first-order valence-corrected chi connectivity index (χ1v) is 11.5. The maximum absolute atomic E-state index is 12.8. The minimum Gasteiger partial charge on any atom is -0.352 e. The lowest BCUT2D eigenvalue weighted by Crippen LogP contribution is -2.45. The Morgan fingerprint density at radius 1 is 1.15 bits per heavy atom. The number of amides is 1. The molecule has 27 heavy (non-hydrogen) atoms. The van der Waals surface area contributed by atoms with Gasteiger partial charge in [0.15, 0.2) is 0 Å². The van der Waals surface area contributed by atoms with Crippen LogP contribution in [0.1, 0.15) is 44.1 Å². The molecule has 2 bridgehead atoms. The van der Waals surface area contributed by atoms with Crippen molar-refractivity contribution in [2.45, 2.75) is 56.0 Å². The molecule has 1 aliphatic heterocycles. The van der Waals surface area contributed by atoms with Crippen molar-refractivity contribution in [1.29, 1.82) is 0 Å². The summed E-state index contributed by atoms with van der Waals surface area (Å²) in [5.41, 5.74) is 7.06. The van der Waals surface area contributed by atoms with E-state index in [1.165, 1.54) is 0 Å². The molecule has 1 heterocycles. The number of fused-ring (bicyclic) bond motifs is 2. The van der Waals surface area contributed by atoms with Gasteiger partial charge >= 0.3 is 0 Å². The fourth-order valence-corrected chi connectivity index (χ4v) is 6.69. The van der Waals surface area contributed by atoms with Gasteiger partial charge in [-0.2, -0.15) is 4.31 Å². The molecule has 1 saturated heterocycles. The van der Waals surface area contributed by atoms with E-state index in [2.05, 4.69) is 5.32 Å². The van der Waals surface area contributed by atoms with Crippen LogP contribution in [0.25, 0.3) is 0 Å².